The van der Waals surface area contributed by atoms with Gasteiger partial charge in [-0.3, -0.25) is 9.59 Å². The van der Waals surface area contributed by atoms with Gasteiger partial charge in [0.1, 0.15) is 23.7 Å². The molecule has 2 heterocycles. The molecule has 1 fully saturated rings. The van der Waals surface area contributed by atoms with Crippen LogP contribution in [-0.4, -0.2) is 70.9 Å². The predicted molar refractivity (Wildman–Crippen MR) is 161 cm³/mol. The highest BCUT2D eigenvalue weighted by molar-refractivity contribution is 5.98. The number of carbonyl (C=O) groups excluding carboxylic acids is 2. The van der Waals surface area contributed by atoms with Gasteiger partial charge in [0, 0.05) is 62.6 Å². The smallest absolute Gasteiger partial charge is 0.421 e. The zero-order valence-corrected chi connectivity index (χ0v) is 25.0. The Morgan fingerprint density at radius 2 is 2.05 bits per heavy atom. The molecule has 0 radical (unpaired) electrons. The highest BCUT2D eigenvalue weighted by Gasteiger charge is 2.39. The van der Waals surface area contributed by atoms with Crippen molar-refractivity contribution < 1.29 is 27.5 Å². The van der Waals surface area contributed by atoms with Gasteiger partial charge in [-0.2, -0.15) is 18.2 Å². The molecule has 1 saturated carbocycles. The molecule has 0 bridgehead atoms. The number of nitrogens with zero attached hydrogens (tertiary/aromatic N) is 4. The van der Waals surface area contributed by atoms with Crippen LogP contribution in [0.5, 0.6) is 5.75 Å². The lowest BCUT2D eigenvalue weighted by Crippen LogP contribution is -2.41. The van der Waals surface area contributed by atoms with Gasteiger partial charge in [0.25, 0.3) is 5.91 Å². The van der Waals surface area contributed by atoms with Crippen molar-refractivity contribution in [3.05, 3.63) is 59.6 Å². The number of allylic oxidation sites excluding steroid dienone is 1. The third-order valence-electron chi connectivity index (χ3n) is 7.26. The van der Waals surface area contributed by atoms with Crippen molar-refractivity contribution in [1.29, 1.82) is 0 Å². The summed E-state index contributed by atoms with van der Waals surface area (Å²) in [5.74, 6) is 0.951. The van der Waals surface area contributed by atoms with Gasteiger partial charge in [0.2, 0.25) is 11.9 Å². The minimum absolute atomic E-state index is 0.0934. The quantitative estimate of drug-likeness (QED) is 0.330. The van der Waals surface area contributed by atoms with Crippen LogP contribution < -0.4 is 20.7 Å². The average Bonchev–Trinajstić information content (AvgIpc) is 3.43. The van der Waals surface area contributed by atoms with Gasteiger partial charge in [0.05, 0.1) is 11.5 Å². The van der Waals surface area contributed by atoms with Gasteiger partial charge in [-0.05, 0) is 51.0 Å². The van der Waals surface area contributed by atoms with Gasteiger partial charge < -0.3 is 30.5 Å². The summed E-state index contributed by atoms with van der Waals surface area (Å²) in [6, 6.07) is 3.99. The molecule has 44 heavy (non-hydrogen) atoms. The Hall–Kier alpha value is -4.73. The summed E-state index contributed by atoms with van der Waals surface area (Å²) in [5.41, 5.74) is 0.263. The number of anilines is 3. The van der Waals surface area contributed by atoms with E-state index >= 15 is 0 Å². The molecule has 2 aromatic rings. The molecule has 1 aliphatic carbocycles. The summed E-state index contributed by atoms with van der Waals surface area (Å²) in [5, 5.41) is 8.61. The number of ether oxygens (including phenoxy) is 1. The summed E-state index contributed by atoms with van der Waals surface area (Å²) in [6.45, 7) is 4.18. The van der Waals surface area contributed by atoms with Crippen LogP contribution in [0.1, 0.15) is 49.0 Å². The standard InChI is InChI=1S/C31H36F3N7O3/c1-6-16-44-26-17-20(10-11-23(26)29(43)41(5)21-12-14-40(4)15-13-21)37-30-35-18-24(31(32,33)34)27(39-30)38-25-9-7-8-22(25)28(42)36-19(2)3/h1,10-14,17-19,22,25H,7-9,15-16H2,2-5H3,(H,36,42)(H2,35,37,38,39)/t22-,25+/m0/s1. The molecule has 1 aliphatic heterocycles. The second-order valence-corrected chi connectivity index (χ2v) is 11.0. The van der Waals surface area contributed by atoms with E-state index in [1.54, 1.807) is 13.1 Å². The normalized spacial score (nSPS) is 18.0. The highest BCUT2D eigenvalue weighted by Crippen LogP contribution is 2.37. The number of terminal acetylenes is 1. The van der Waals surface area contributed by atoms with Crippen LogP contribution in [0, 0.1) is 18.3 Å². The molecule has 3 N–H and O–H groups in total. The maximum absolute atomic E-state index is 13.9. The van der Waals surface area contributed by atoms with Crippen molar-refractivity contribution in [2.45, 2.75) is 51.4 Å². The molecule has 10 nitrogen and oxygen atoms in total. The zero-order valence-electron chi connectivity index (χ0n) is 25.0. The minimum Gasteiger partial charge on any atom is -0.480 e. The third kappa shape index (κ3) is 7.80. The van der Waals surface area contributed by atoms with Crippen molar-refractivity contribution in [2.75, 3.05) is 37.9 Å². The number of rotatable bonds is 10. The number of carbonyl (C=O) groups is 2. The summed E-state index contributed by atoms with van der Waals surface area (Å²) >= 11 is 0. The first kappa shape index (κ1) is 32.2. The van der Waals surface area contributed by atoms with Crippen molar-refractivity contribution in [3.8, 4) is 18.1 Å². The molecule has 0 spiro atoms. The van der Waals surface area contributed by atoms with Crippen LogP contribution >= 0.6 is 0 Å². The Labute approximate surface area is 254 Å². The van der Waals surface area contributed by atoms with Gasteiger partial charge >= 0.3 is 6.18 Å². The molecule has 1 aromatic heterocycles. The van der Waals surface area contributed by atoms with E-state index in [2.05, 4.69) is 31.8 Å². The molecule has 2 amide bonds. The Bertz CT molecular complexity index is 1480. The third-order valence-corrected chi connectivity index (χ3v) is 7.26. The second kappa shape index (κ2) is 13.7. The van der Waals surface area contributed by atoms with Crippen molar-refractivity contribution >= 4 is 29.3 Å². The Balaban J connectivity index is 1.59. The molecule has 1 aromatic carbocycles. The molecule has 2 aliphatic rings. The van der Waals surface area contributed by atoms with Crippen molar-refractivity contribution in [1.82, 2.24) is 25.1 Å². The number of alkyl halides is 3. The topological polar surface area (TPSA) is 112 Å². The van der Waals surface area contributed by atoms with E-state index in [4.69, 9.17) is 11.2 Å². The van der Waals surface area contributed by atoms with Crippen LogP contribution in [0.2, 0.25) is 0 Å². The summed E-state index contributed by atoms with van der Waals surface area (Å²) < 4.78 is 47.4. The first-order chi connectivity index (χ1) is 20.9. The molecule has 13 heteroatoms. The lowest BCUT2D eigenvalue weighted by atomic mass is 10.0. The maximum atomic E-state index is 13.9. The van der Waals surface area contributed by atoms with E-state index in [-0.39, 0.29) is 41.7 Å². The fourth-order valence-electron chi connectivity index (χ4n) is 5.03. The van der Waals surface area contributed by atoms with E-state index in [0.29, 0.717) is 43.4 Å². The lowest BCUT2D eigenvalue weighted by molar-refractivity contribution is -0.137. The Morgan fingerprint density at radius 3 is 2.70 bits per heavy atom. The fourth-order valence-corrected chi connectivity index (χ4v) is 5.03. The minimum atomic E-state index is -4.72. The van der Waals surface area contributed by atoms with E-state index < -0.39 is 29.5 Å². The zero-order chi connectivity index (χ0) is 32.0. The fraction of sp³-hybridized carbons (Fsp3) is 0.419. The SMILES string of the molecule is C#CCOc1cc(Nc2ncc(C(F)(F)F)c(N[C@@H]3CCC[C@@H]3C(=O)NC(C)C)n2)ccc1C(=O)N(C)C1=CCN(C)C=C1. The number of hydrogen-bond acceptors (Lipinski definition) is 8. The maximum Gasteiger partial charge on any atom is 0.421 e. The molecule has 0 saturated heterocycles. The predicted octanol–water partition coefficient (Wildman–Crippen LogP) is 4.77. The Kier molecular flexibility index (Phi) is 10.0. The number of halogens is 3. The van der Waals surface area contributed by atoms with Crippen molar-refractivity contribution in [3.63, 3.8) is 0 Å². The number of hydrogen-bond donors (Lipinski definition) is 3. The van der Waals surface area contributed by atoms with Crippen LogP contribution in [0.25, 0.3) is 0 Å². The summed E-state index contributed by atoms with van der Waals surface area (Å²) in [4.78, 5) is 37.5. The first-order valence-electron chi connectivity index (χ1n) is 14.2. The van der Waals surface area contributed by atoms with Crippen LogP contribution in [-0.2, 0) is 11.0 Å². The largest absolute Gasteiger partial charge is 0.480 e. The number of amides is 2. The van der Waals surface area contributed by atoms with Crippen LogP contribution in [0.15, 0.2) is 48.4 Å². The van der Waals surface area contributed by atoms with Gasteiger partial charge in [-0.25, -0.2) is 4.98 Å². The number of aromatic nitrogens is 2. The van der Waals surface area contributed by atoms with Crippen LogP contribution in [0.3, 0.4) is 0 Å². The van der Waals surface area contributed by atoms with Gasteiger partial charge in [-0.1, -0.05) is 12.3 Å². The van der Waals surface area contributed by atoms with E-state index in [1.807, 2.05) is 44.1 Å². The number of nitrogens with one attached hydrogen (secondary N) is 3. The van der Waals surface area contributed by atoms with Gasteiger partial charge in [-0.15, -0.1) is 6.42 Å². The monoisotopic (exact) mass is 611 g/mol. The molecular formula is C31H36F3N7O3. The lowest BCUT2D eigenvalue weighted by Gasteiger charge is -2.25. The first-order valence-corrected chi connectivity index (χ1v) is 14.2. The van der Waals surface area contributed by atoms with E-state index in [9.17, 15) is 22.8 Å². The summed E-state index contributed by atoms with van der Waals surface area (Å²) in [7, 11) is 3.56. The summed E-state index contributed by atoms with van der Waals surface area (Å²) in [6.07, 6.45) is 8.71. The molecule has 234 valence electrons. The molecular weight excluding hydrogens is 575 g/mol. The molecule has 0 unspecified atom stereocenters. The van der Waals surface area contributed by atoms with E-state index in [1.165, 1.54) is 17.0 Å². The Morgan fingerprint density at radius 1 is 1.27 bits per heavy atom. The van der Waals surface area contributed by atoms with Crippen LogP contribution in [0.4, 0.5) is 30.6 Å². The van der Waals surface area contributed by atoms with Gasteiger partial charge in [0.15, 0.2) is 0 Å². The molecule has 4 rings (SSSR count). The average molecular weight is 612 g/mol. The van der Waals surface area contributed by atoms with E-state index in [0.717, 1.165) is 0 Å². The molecule has 2 atom stereocenters. The number of benzene rings is 1. The number of likely N-dealkylation sites (N-methyl/N-ethyl adjacent to an activating group) is 2. The second-order valence-electron chi connectivity index (χ2n) is 11.0. The van der Waals surface area contributed by atoms with Crippen molar-refractivity contribution in [2.24, 2.45) is 5.92 Å². The highest BCUT2D eigenvalue weighted by atomic mass is 19.4.